The van der Waals surface area contributed by atoms with Crippen molar-refractivity contribution < 1.29 is 14.3 Å². The van der Waals surface area contributed by atoms with Crippen molar-refractivity contribution in [2.24, 2.45) is 5.73 Å². The SMILES string of the molecule is CCOc1ccc(-c2nc(NC(=O)C(N)COC)sc2C)cc1.Cl. The molecule has 3 N–H and O–H groups in total. The number of nitrogens with one attached hydrogen (secondary N) is 1. The highest BCUT2D eigenvalue weighted by Gasteiger charge is 2.16. The maximum absolute atomic E-state index is 11.9. The predicted octanol–water partition coefficient (Wildman–Crippen LogP) is 2.85. The molecule has 6 nitrogen and oxygen atoms in total. The summed E-state index contributed by atoms with van der Waals surface area (Å²) < 4.78 is 10.3. The number of halogens is 1. The lowest BCUT2D eigenvalue weighted by Crippen LogP contribution is -2.39. The number of thiazole rings is 1. The lowest BCUT2D eigenvalue weighted by molar-refractivity contribution is -0.118. The van der Waals surface area contributed by atoms with Crippen LogP contribution in [0.2, 0.25) is 0 Å². The van der Waals surface area contributed by atoms with Gasteiger partial charge in [0.25, 0.3) is 0 Å². The molecule has 1 atom stereocenters. The summed E-state index contributed by atoms with van der Waals surface area (Å²) in [6, 6.07) is 7.01. The van der Waals surface area contributed by atoms with Crippen LogP contribution in [0.4, 0.5) is 5.13 Å². The largest absolute Gasteiger partial charge is 0.494 e. The topological polar surface area (TPSA) is 86.5 Å². The van der Waals surface area contributed by atoms with E-state index < -0.39 is 6.04 Å². The molecule has 2 aromatic rings. The van der Waals surface area contributed by atoms with Crippen LogP contribution in [0.15, 0.2) is 24.3 Å². The molecule has 8 heteroatoms. The molecule has 132 valence electrons. The number of amides is 1. The summed E-state index contributed by atoms with van der Waals surface area (Å²) in [7, 11) is 1.50. The fourth-order valence-corrected chi connectivity index (χ4v) is 2.89. The molecule has 0 aliphatic heterocycles. The first-order valence-electron chi connectivity index (χ1n) is 7.31. The van der Waals surface area contributed by atoms with Gasteiger partial charge >= 0.3 is 0 Å². The van der Waals surface area contributed by atoms with Crippen molar-refractivity contribution in [2.45, 2.75) is 19.9 Å². The number of methoxy groups -OCH3 is 1. The number of rotatable bonds is 7. The number of anilines is 1. The number of nitrogens with zero attached hydrogens (tertiary/aromatic N) is 1. The van der Waals surface area contributed by atoms with E-state index in [1.807, 2.05) is 38.1 Å². The van der Waals surface area contributed by atoms with Crippen molar-refractivity contribution in [3.8, 4) is 17.0 Å². The van der Waals surface area contributed by atoms with Crippen LogP contribution < -0.4 is 15.8 Å². The maximum atomic E-state index is 11.9. The van der Waals surface area contributed by atoms with Crippen LogP contribution >= 0.6 is 23.7 Å². The average molecular weight is 372 g/mol. The van der Waals surface area contributed by atoms with Crippen molar-refractivity contribution in [3.63, 3.8) is 0 Å². The molecule has 0 aliphatic rings. The zero-order chi connectivity index (χ0) is 16.8. The Morgan fingerprint density at radius 2 is 2.04 bits per heavy atom. The smallest absolute Gasteiger partial charge is 0.245 e. The molecule has 0 spiro atoms. The molecule has 0 radical (unpaired) electrons. The molecule has 1 aromatic heterocycles. The van der Waals surface area contributed by atoms with Gasteiger partial charge in [0.15, 0.2) is 5.13 Å². The van der Waals surface area contributed by atoms with E-state index in [2.05, 4.69) is 10.3 Å². The monoisotopic (exact) mass is 371 g/mol. The molecule has 1 heterocycles. The quantitative estimate of drug-likeness (QED) is 0.781. The molecule has 1 aromatic carbocycles. The van der Waals surface area contributed by atoms with Gasteiger partial charge in [-0.2, -0.15) is 0 Å². The van der Waals surface area contributed by atoms with E-state index in [0.29, 0.717) is 11.7 Å². The maximum Gasteiger partial charge on any atom is 0.245 e. The summed E-state index contributed by atoms with van der Waals surface area (Å²) in [5, 5.41) is 3.26. The summed E-state index contributed by atoms with van der Waals surface area (Å²) in [5.74, 6) is 0.516. The second-order valence-corrected chi connectivity index (χ2v) is 6.14. The van der Waals surface area contributed by atoms with E-state index in [1.165, 1.54) is 18.4 Å². The number of hydrogen-bond donors (Lipinski definition) is 2. The van der Waals surface area contributed by atoms with Crippen LogP contribution in [0.3, 0.4) is 0 Å². The van der Waals surface area contributed by atoms with Crippen molar-refractivity contribution in [3.05, 3.63) is 29.1 Å². The van der Waals surface area contributed by atoms with E-state index in [0.717, 1.165) is 21.9 Å². The molecule has 1 unspecified atom stereocenters. The number of carbonyl (C=O) groups is 1. The number of carbonyl (C=O) groups excluding carboxylic acids is 1. The van der Waals surface area contributed by atoms with E-state index >= 15 is 0 Å². The number of hydrogen-bond acceptors (Lipinski definition) is 6. The Morgan fingerprint density at radius 3 is 2.62 bits per heavy atom. The van der Waals surface area contributed by atoms with Crippen LogP contribution in [0.25, 0.3) is 11.3 Å². The Kier molecular flexibility index (Phi) is 8.14. The molecule has 1 amide bonds. The zero-order valence-electron chi connectivity index (χ0n) is 13.9. The Hall–Kier alpha value is -1.67. The van der Waals surface area contributed by atoms with Crippen molar-refractivity contribution in [2.75, 3.05) is 25.6 Å². The highest BCUT2D eigenvalue weighted by molar-refractivity contribution is 7.16. The highest BCUT2D eigenvalue weighted by Crippen LogP contribution is 2.31. The normalized spacial score (nSPS) is 11.5. The first-order valence-corrected chi connectivity index (χ1v) is 8.12. The number of benzene rings is 1. The van der Waals surface area contributed by atoms with E-state index in [4.69, 9.17) is 15.2 Å². The van der Waals surface area contributed by atoms with Gasteiger partial charge in [0.05, 0.1) is 18.9 Å². The third kappa shape index (κ3) is 5.17. The molecule has 0 aliphatic carbocycles. The van der Waals surface area contributed by atoms with Crippen molar-refractivity contribution in [1.82, 2.24) is 4.98 Å². The molecule has 0 saturated carbocycles. The Bertz CT molecular complexity index is 661. The molecule has 2 rings (SSSR count). The fourth-order valence-electron chi connectivity index (χ4n) is 2.05. The summed E-state index contributed by atoms with van der Waals surface area (Å²) >= 11 is 1.42. The summed E-state index contributed by atoms with van der Waals surface area (Å²) in [6.45, 7) is 4.71. The highest BCUT2D eigenvalue weighted by atomic mass is 35.5. The van der Waals surface area contributed by atoms with E-state index in [1.54, 1.807) is 0 Å². The van der Waals surface area contributed by atoms with Crippen LogP contribution in [-0.2, 0) is 9.53 Å². The fraction of sp³-hybridized carbons (Fsp3) is 0.375. The standard InChI is InChI=1S/C16H21N3O3S.ClH/c1-4-22-12-7-5-11(6-8-12)14-10(2)23-16(18-14)19-15(20)13(17)9-21-3;/h5-8,13H,4,9,17H2,1-3H3,(H,18,19,20);1H. The lowest BCUT2D eigenvalue weighted by atomic mass is 10.1. The summed E-state index contributed by atoms with van der Waals surface area (Å²) in [5.41, 5.74) is 7.52. The van der Waals surface area contributed by atoms with Gasteiger partial charge < -0.3 is 20.5 Å². The second kappa shape index (κ2) is 9.58. The van der Waals surface area contributed by atoms with E-state index in [9.17, 15) is 4.79 Å². The minimum Gasteiger partial charge on any atom is -0.494 e. The first-order chi connectivity index (χ1) is 11.0. The second-order valence-electron chi connectivity index (χ2n) is 4.93. The molecule has 24 heavy (non-hydrogen) atoms. The molecular formula is C16H22ClN3O3S. The molecule has 0 bridgehead atoms. The van der Waals surface area contributed by atoms with Gasteiger partial charge in [0, 0.05) is 17.6 Å². The van der Waals surface area contributed by atoms with Gasteiger partial charge in [-0.25, -0.2) is 4.98 Å². The Balaban J connectivity index is 0.00000288. The molecule has 0 fully saturated rings. The van der Waals surface area contributed by atoms with Crippen LogP contribution in [0.5, 0.6) is 5.75 Å². The van der Waals surface area contributed by atoms with E-state index in [-0.39, 0.29) is 24.9 Å². The summed E-state index contributed by atoms with van der Waals surface area (Å²) in [6.07, 6.45) is 0. The summed E-state index contributed by atoms with van der Waals surface area (Å²) in [4.78, 5) is 17.4. The average Bonchev–Trinajstić information content (AvgIpc) is 2.89. The molecule has 0 saturated heterocycles. The van der Waals surface area contributed by atoms with Gasteiger partial charge in [0.1, 0.15) is 11.8 Å². The first kappa shape index (κ1) is 20.4. The van der Waals surface area contributed by atoms with Gasteiger partial charge in [-0.05, 0) is 38.1 Å². The van der Waals surface area contributed by atoms with Crippen molar-refractivity contribution >= 4 is 34.8 Å². The number of aromatic nitrogens is 1. The molecular weight excluding hydrogens is 350 g/mol. The van der Waals surface area contributed by atoms with Gasteiger partial charge in [-0.3, -0.25) is 4.79 Å². The predicted molar refractivity (Wildman–Crippen MR) is 99.2 cm³/mol. The number of ether oxygens (including phenoxy) is 2. The minimum absolute atomic E-state index is 0. The van der Waals surface area contributed by atoms with Gasteiger partial charge in [0.2, 0.25) is 5.91 Å². The van der Waals surface area contributed by atoms with Gasteiger partial charge in [-0.15, -0.1) is 23.7 Å². The number of aryl methyl sites for hydroxylation is 1. The third-order valence-corrected chi connectivity index (χ3v) is 4.03. The van der Waals surface area contributed by atoms with Crippen LogP contribution in [0, 0.1) is 6.92 Å². The van der Waals surface area contributed by atoms with Gasteiger partial charge in [-0.1, -0.05) is 0 Å². The number of nitrogens with two attached hydrogens (primary N) is 1. The Morgan fingerprint density at radius 1 is 1.38 bits per heavy atom. The minimum atomic E-state index is -0.710. The van der Waals surface area contributed by atoms with Crippen LogP contribution in [0.1, 0.15) is 11.8 Å². The zero-order valence-corrected chi connectivity index (χ0v) is 15.5. The Labute approximate surface area is 151 Å². The lowest BCUT2D eigenvalue weighted by Gasteiger charge is -2.08. The van der Waals surface area contributed by atoms with Crippen LogP contribution in [-0.4, -0.2) is 37.3 Å². The third-order valence-electron chi connectivity index (χ3n) is 3.15. The van der Waals surface area contributed by atoms with Crippen molar-refractivity contribution in [1.29, 1.82) is 0 Å².